The maximum Gasteiger partial charge on any atom is 0.422 e. The highest BCUT2D eigenvalue weighted by Crippen LogP contribution is 2.18. The van der Waals surface area contributed by atoms with Gasteiger partial charge in [-0.1, -0.05) is 12.1 Å². The van der Waals surface area contributed by atoms with Crippen LogP contribution in [-0.2, 0) is 6.54 Å². The van der Waals surface area contributed by atoms with Crippen molar-refractivity contribution in [3.8, 4) is 5.75 Å². The summed E-state index contributed by atoms with van der Waals surface area (Å²) in [6, 6.07) is 6.33. The molecule has 0 fully saturated rings. The lowest BCUT2D eigenvalue weighted by Gasteiger charge is -2.12. The first-order chi connectivity index (χ1) is 8.40. The first kappa shape index (κ1) is 14.8. The largest absolute Gasteiger partial charge is 0.484 e. The molecule has 0 saturated heterocycles. The molecule has 0 aliphatic carbocycles. The minimum Gasteiger partial charge on any atom is -0.484 e. The van der Waals surface area contributed by atoms with E-state index in [2.05, 4.69) is 10.1 Å². The van der Waals surface area contributed by atoms with Crippen LogP contribution in [0.4, 0.5) is 13.2 Å². The molecule has 18 heavy (non-hydrogen) atoms. The van der Waals surface area contributed by atoms with E-state index >= 15 is 0 Å². The Hall–Kier alpha value is -1.27. The number of rotatable bonds is 6. The molecule has 1 atom stereocenters. The molecule has 0 heterocycles. The SMILES string of the molecule is CC(CO)NCc1ccc(OCC(F)(F)F)cc1. The molecule has 102 valence electrons. The zero-order valence-electron chi connectivity index (χ0n) is 10.00. The predicted molar refractivity (Wildman–Crippen MR) is 61.4 cm³/mol. The number of halogens is 3. The van der Waals surface area contributed by atoms with Crippen LogP contribution in [0.3, 0.4) is 0 Å². The lowest BCUT2D eigenvalue weighted by molar-refractivity contribution is -0.153. The minimum absolute atomic E-state index is 0.0221. The van der Waals surface area contributed by atoms with Gasteiger partial charge in [0.05, 0.1) is 6.61 Å². The normalized spacial score (nSPS) is 13.4. The summed E-state index contributed by atoms with van der Waals surface area (Å²) in [7, 11) is 0. The third-order valence-corrected chi connectivity index (χ3v) is 2.25. The van der Waals surface area contributed by atoms with E-state index in [-0.39, 0.29) is 18.4 Å². The van der Waals surface area contributed by atoms with Gasteiger partial charge >= 0.3 is 6.18 Å². The minimum atomic E-state index is -4.32. The van der Waals surface area contributed by atoms with Gasteiger partial charge in [0.25, 0.3) is 0 Å². The zero-order valence-corrected chi connectivity index (χ0v) is 10.00. The van der Waals surface area contributed by atoms with Crippen molar-refractivity contribution in [1.82, 2.24) is 5.32 Å². The van der Waals surface area contributed by atoms with Gasteiger partial charge in [-0.25, -0.2) is 0 Å². The highest BCUT2D eigenvalue weighted by Gasteiger charge is 2.28. The zero-order chi connectivity index (χ0) is 13.6. The van der Waals surface area contributed by atoms with Crippen LogP contribution in [0.5, 0.6) is 5.75 Å². The van der Waals surface area contributed by atoms with E-state index in [4.69, 9.17) is 5.11 Å². The van der Waals surface area contributed by atoms with Gasteiger partial charge in [-0.15, -0.1) is 0 Å². The van der Waals surface area contributed by atoms with Crippen LogP contribution in [0.15, 0.2) is 24.3 Å². The molecule has 0 amide bonds. The van der Waals surface area contributed by atoms with Gasteiger partial charge in [0.15, 0.2) is 6.61 Å². The summed E-state index contributed by atoms with van der Waals surface area (Å²) in [6.45, 7) is 1.13. The number of aliphatic hydroxyl groups excluding tert-OH is 1. The third kappa shape index (κ3) is 5.88. The molecule has 0 aliphatic heterocycles. The van der Waals surface area contributed by atoms with Crippen molar-refractivity contribution in [1.29, 1.82) is 0 Å². The van der Waals surface area contributed by atoms with Gasteiger partial charge in [-0.3, -0.25) is 0 Å². The first-order valence-electron chi connectivity index (χ1n) is 5.53. The lowest BCUT2D eigenvalue weighted by Crippen LogP contribution is -2.28. The summed E-state index contributed by atoms with van der Waals surface area (Å²) in [5.41, 5.74) is 0.912. The fourth-order valence-electron chi connectivity index (χ4n) is 1.23. The second-order valence-electron chi connectivity index (χ2n) is 4.01. The standard InChI is InChI=1S/C12H16F3NO2/c1-9(7-17)16-6-10-2-4-11(5-3-10)18-8-12(13,14)15/h2-5,9,16-17H,6-8H2,1H3. The Labute approximate surface area is 104 Å². The summed E-state index contributed by atoms with van der Waals surface area (Å²) < 4.78 is 40.3. The molecule has 6 heteroatoms. The molecule has 0 aliphatic rings. The van der Waals surface area contributed by atoms with Gasteiger partial charge in [-0.05, 0) is 24.6 Å². The van der Waals surface area contributed by atoms with Crippen molar-refractivity contribution >= 4 is 0 Å². The molecule has 1 aromatic rings. The van der Waals surface area contributed by atoms with Crippen molar-refractivity contribution in [2.45, 2.75) is 25.7 Å². The van der Waals surface area contributed by atoms with Crippen molar-refractivity contribution in [2.75, 3.05) is 13.2 Å². The molecule has 1 rings (SSSR count). The molecule has 0 saturated carbocycles. The Kier molecular flexibility index (Phi) is 5.43. The molecule has 0 bridgehead atoms. The van der Waals surface area contributed by atoms with Crippen molar-refractivity contribution in [3.05, 3.63) is 29.8 Å². The monoisotopic (exact) mass is 263 g/mol. The highest BCUT2D eigenvalue weighted by atomic mass is 19.4. The van der Waals surface area contributed by atoms with E-state index < -0.39 is 12.8 Å². The van der Waals surface area contributed by atoms with Crippen LogP contribution < -0.4 is 10.1 Å². The molecule has 3 nitrogen and oxygen atoms in total. The van der Waals surface area contributed by atoms with Crippen LogP contribution in [0.25, 0.3) is 0 Å². The smallest absolute Gasteiger partial charge is 0.422 e. The third-order valence-electron chi connectivity index (χ3n) is 2.25. The number of benzene rings is 1. The van der Waals surface area contributed by atoms with Gasteiger partial charge < -0.3 is 15.2 Å². The van der Waals surface area contributed by atoms with Gasteiger partial charge in [0, 0.05) is 12.6 Å². The molecule has 1 unspecified atom stereocenters. The molecule has 2 N–H and O–H groups in total. The van der Waals surface area contributed by atoms with Crippen molar-refractivity contribution in [2.24, 2.45) is 0 Å². The van der Waals surface area contributed by atoms with Crippen LogP contribution in [0.1, 0.15) is 12.5 Å². The summed E-state index contributed by atoms with van der Waals surface area (Å²) >= 11 is 0. The number of nitrogens with one attached hydrogen (secondary N) is 1. The van der Waals surface area contributed by atoms with Crippen LogP contribution in [0, 0.1) is 0 Å². The van der Waals surface area contributed by atoms with E-state index in [0.29, 0.717) is 6.54 Å². The van der Waals surface area contributed by atoms with E-state index in [1.54, 1.807) is 12.1 Å². The second-order valence-corrected chi connectivity index (χ2v) is 4.01. The average Bonchev–Trinajstić information content (AvgIpc) is 2.33. The summed E-state index contributed by atoms with van der Waals surface area (Å²) in [5.74, 6) is 0.186. The summed E-state index contributed by atoms with van der Waals surface area (Å²) in [5, 5.41) is 11.9. The summed E-state index contributed by atoms with van der Waals surface area (Å²) in [6.07, 6.45) is -4.32. The predicted octanol–water partition coefficient (Wildman–Crippen LogP) is 2.10. The van der Waals surface area contributed by atoms with E-state index in [1.807, 2.05) is 6.92 Å². The van der Waals surface area contributed by atoms with Crippen LogP contribution >= 0.6 is 0 Å². The maximum absolute atomic E-state index is 11.9. The van der Waals surface area contributed by atoms with Crippen LogP contribution in [0.2, 0.25) is 0 Å². The molecular formula is C12H16F3NO2. The Bertz CT molecular complexity index is 351. The Morgan fingerprint density at radius 1 is 1.28 bits per heavy atom. The van der Waals surface area contributed by atoms with Gasteiger partial charge in [-0.2, -0.15) is 13.2 Å². The number of alkyl halides is 3. The fraction of sp³-hybridized carbons (Fsp3) is 0.500. The lowest BCUT2D eigenvalue weighted by atomic mass is 10.2. The van der Waals surface area contributed by atoms with Crippen LogP contribution in [-0.4, -0.2) is 30.5 Å². The van der Waals surface area contributed by atoms with E-state index in [0.717, 1.165) is 5.56 Å². The van der Waals surface area contributed by atoms with Crippen molar-refractivity contribution < 1.29 is 23.0 Å². The number of aliphatic hydroxyl groups is 1. The Morgan fingerprint density at radius 2 is 1.89 bits per heavy atom. The Morgan fingerprint density at radius 3 is 2.39 bits per heavy atom. The number of hydrogen-bond acceptors (Lipinski definition) is 3. The van der Waals surface area contributed by atoms with Gasteiger partial charge in [0.2, 0.25) is 0 Å². The summed E-state index contributed by atoms with van der Waals surface area (Å²) in [4.78, 5) is 0. The molecule has 0 aromatic heterocycles. The number of ether oxygens (including phenoxy) is 1. The molecule has 0 spiro atoms. The molecule has 0 radical (unpaired) electrons. The van der Waals surface area contributed by atoms with Gasteiger partial charge in [0.1, 0.15) is 5.75 Å². The van der Waals surface area contributed by atoms with E-state index in [9.17, 15) is 13.2 Å². The quantitative estimate of drug-likeness (QED) is 0.826. The number of hydrogen-bond donors (Lipinski definition) is 2. The Balaban J connectivity index is 2.42. The molecule has 1 aromatic carbocycles. The van der Waals surface area contributed by atoms with E-state index in [1.165, 1.54) is 12.1 Å². The second kappa shape index (κ2) is 6.61. The fourth-order valence-corrected chi connectivity index (χ4v) is 1.23. The average molecular weight is 263 g/mol. The molecular weight excluding hydrogens is 247 g/mol. The first-order valence-corrected chi connectivity index (χ1v) is 5.53. The highest BCUT2D eigenvalue weighted by molar-refractivity contribution is 5.27. The maximum atomic E-state index is 11.9. The van der Waals surface area contributed by atoms with Crippen molar-refractivity contribution in [3.63, 3.8) is 0 Å². The topological polar surface area (TPSA) is 41.5 Å².